The highest BCUT2D eigenvalue weighted by molar-refractivity contribution is 5.86. The van der Waals surface area contributed by atoms with Crippen molar-refractivity contribution in [2.45, 2.75) is 82.6 Å². The molecule has 2 aliphatic carbocycles. The first kappa shape index (κ1) is 28.7. The minimum atomic E-state index is -4.74. The number of nitrogens with zero attached hydrogens (tertiary/aromatic N) is 5. The molecule has 2 aliphatic rings. The van der Waals surface area contributed by atoms with Crippen molar-refractivity contribution in [3.05, 3.63) is 42.6 Å². The number of nitrogen functional groups attached to an aromatic ring is 1. The number of benzene rings is 1. The normalized spacial score (nSPS) is 26.5. The van der Waals surface area contributed by atoms with Crippen LogP contribution in [-0.4, -0.2) is 76.8 Å². The smallest absolute Gasteiger partial charge is 0.406 e. The molecule has 226 valence electrons. The Labute approximate surface area is 240 Å². The van der Waals surface area contributed by atoms with Crippen molar-refractivity contribution < 1.29 is 28.1 Å². The second-order valence-electron chi connectivity index (χ2n) is 12.0. The molecule has 2 fully saturated rings. The van der Waals surface area contributed by atoms with E-state index in [9.17, 15) is 23.4 Å². The van der Waals surface area contributed by atoms with Gasteiger partial charge in [0.2, 0.25) is 0 Å². The summed E-state index contributed by atoms with van der Waals surface area (Å²) in [4.78, 5) is 18.5. The fraction of sp³-hybridized carbons (Fsp3) is 0.552. The summed E-state index contributed by atoms with van der Waals surface area (Å²) in [5.74, 6) is 1.28. The van der Waals surface area contributed by atoms with Gasteiger partial charge in [0.25, 0.3) is 0 Å². The van der Waals surface area contributed by atoms with Gasteiger partial charge in [-0.25, -0.2) is 15.0 Å². The monoisotopic (exact) mass is 587 g/mol. The zero-order chi connectivity index (χ0) is 29.8. The van der Waals surface area contributed by atoms with Crippen LogP contribution in [0.15, 0.2) is 36.8 Å². The third kappa shape index (κ3) is 5.64. The lowest BCUT2D eigenvalue weighted by Gasteiger charge is -2.46. The van der Waals surface area contributed by atoms with E-state index in [-0.39, 0.29) is 23.8 Å². The van der Waals surface area contributed by atoms with E-state index in [0.29, 0.717) is 53.8 Å². The number of hydrogen-bond acceptors (Lipinski definition) is 8. The molecule has 5 N–H and O–H groups in total. The highest BCUT2D eigenvalue weighted by Crippen LogP contribution is 2.41. The Hall–Kier alpha value is -3.42. The van der Waals surface area contributed by atoms with Crippen molar-refractivity contribution >= 4 is 27.9 Å². The maximum absolute atomic E-state index is 12.5. The van der Waals surface area contributed by atoms with E-state index in [0.717, 1.165) is 30.5 Å². The van der Waals surface area contributed by atoms with E-state index in [4.69, 9.17) is 5.73 Å². The Kier molecular flexibility index (Phi) is 7.52. The molecule has 0 saturated heterocycles. The van der Waals surface area contributed by atoms with Crippen LogP contribution < -0.4 is 10.5 Å². The summed E-state index contributed by atoms with van der Waals surface area (Å²) in [6.07, 6.45) is 1.07. The van der Waals surface area contributed by atoms with Crippen LogP contribution in [0.2, 0.25) is 0 Å². The van der Waals surface area contributed by atoms with Crippen LogP contribution in [0.5, 0.6) is 5.75 Å². The molecule has 2 saturated carbocycles. The number of halogens is 3. The van der Waals surface area contributed by atoms with Crippen LogP contribution in [0.4, 0.5) is 19.0 Å². The SMILES string of the molecule is CC(C)N(C[C@H]1C[C@@H](n2ccc3c(N)ncnc32)[C@H](O)[C@@H]1O)C1CC(CCc2nc3ccc(OC(F)(F)F)cc3[nH]2)C1. The fourth-order valence-corrected chi connectivity index (χ4v) is 6.77. The van der Waals surface area contributed by atoms with Gasteiger partial charge in [0.15, 0.2) is 0 Å². The summed E-state index contributed by atoms with van der Waals surface area (Å²) in [5.41, 5.74) is 7.77. The van der Waals surface area contributed by atoms with Gasteiger partial charge in [-0.15, -0.1) is 13.2 Å². The van der Waals surface area contributed by atoms with Crippen molar-refractivity contribution in [3.8, 4) is 5.75 Å². The van der Waals surface area contributed by atoms with Gasteiger partial charge in [-0.05, 0) is 63.6 Å². The zero-order valence-corrected chi connectivity index (χ0v) is 23.5. The van der Waals surface area contributed by atoms with E-state index < -0.39 is 18.6 Å². The minimum Gasteiger partial charge on any atom is -0.406 e. The first-order chi connectivity index (χ1) is 20.0. The molecular formula is C29H36F3N7O3. The van der Waals surface area contributed by atoms with Crippen LogP contribution in [0, 0.1) is 11.8 Å². The molecule has 13 heteroatoms. The quantitative estimate of drug-likeness (QED) is 0.229. The molecule has 10 nitrogen and oxygen atoms in total. The number of hydrogen-bond donors (Lipinski definition) is 4. The van der Waals surface area contributed by atoms with Gasteiger partial charge in [-0.3, -0.25) is 4.90 Å². The van der Waals surface area contributed by atoms with Crippen LogP contribution in [-0.2, 0) is 6.42 Å². The number of alkyl halides is 3. The lowest BCUT2D eigenvalue weighted by molar-refractivity contribution is -0.274. The largest absolute Gasteiger partial charge is 0.573 e. The summed E-state index contributed by atoms with van der Waals surface area (Å²) in [6.45, 7) is 5.01. The predicted octanol–water partition coefficient (Wildman–Crippen LogP) is 4.19. The Morgan fingerprint density at radius 3 is 2.67 bits per heavy atom. The first-order valence-electron chi connectivity index (χ1n) is 14.4. The van der Waals surface area contributed by atoms with Crippen LogP contribution in [0.1, 0.15) is 51.4 Å². The van der Waals surface area contributed by atoms with Gasteiger partial charge in [0.05, 0.1) is 28.6 Å². The van der Waals surface area contributed by atoms with E-state index in [1.54, 1.807) is 0 Å². The molecule has 4 aromatic rings. The molecular weight excluding hydrogens is 551 g/mol. The van der Waals surface area contributed by atoms with E-state index >= 15 is 0 Å². The number of fused-ring (bicyclic) bond motifs is 2. The molecule has 0 spiro atoms. The molecule has 0 amide bonds. The van der Waals surface area contributed by atoms with Crippen LogP contribution in [0.3, 0.4) is 0 Å². The van der Waals surface area contributed by atoms with Crippen molar-refractivity contribution in [1.82, 2.24) is 29.4 Å². The number of aliphatic hydroxyl groups excluding tert-OH is 2. The fourth-order valence-electron chi connectivity index (χ4n) is 6.77. The lowest BCUT2D eigenvalue weighted by Crippen LogP contribution is -2.51. The number of H-pyrrole nitrogens is 1. The maximum Gasteiger partial charge on any atom is 0.573 e. The van der Waals surface area contributed by atoms with Gasteiger partial charge < -0.3 is 30.2 Å². The van der Waals surface area contributed by atoms with Crippen molar-refractivity contribution in [2.75, 3.05) is 12.3 Å². The molecule has 0 aliphatic heterocycles. The van der Waals surface area contributed by atoms with Gasteiger partial charge in [0, 0.05) is 43.2 Å². The van der Waals surface area contributed by atoms with E-state index in [1.165, 1.54) is 24.5 Å². The first-order valence-corrected chi connectivity index (χ1v) is 14.4. The Bertz CT molecular complexity index is 1550. The minimum absolute atomic E-state index is 0.0927. The molecule has 1 aromatic carbocycles. The van der Waals surface area contributed by atoms with Crippen molar-refractivity contribution in [1.29, 1.82) is 0 Å². The van der Waals surface area contributed by atoms with Gasteiger partial charge in [-0.2, -0.15) is 0 Å². The number of ether oxygens (including phenoxy) is 1. The number of nitrogens with one attached hydrogen (secondary N) is 1. The summed E-state index contributed by atoms with van der Waals surface area (Å²) >= 11 is 0. The van der Waals surface area contributed by atoms with Gasteiger partial charge in [0.1, 0.15) is 35.5 Å². The lowest BCUT2D eigenvalue weighted by atomic mass is 9.76. The third-order valence-electron chi connectivity index (χ3n) is 8.98. The maximum atomic E-state index is 12.5. The number of aromatic nitrogens is 5. The molecule has 0 bridgehead atoms. The molecule has 0 unspecified atom stereocenters. The average Bonchev–Trinajstić information content (AvgIpc) is 3.58. The standard InChI is InChI=1S/C29H36F3N7O3/c1-15(2)39(13-17-11-23(26(41)25(17)40)38-8-7-20-27(33)34-14-35-28(20)38)18-9-16(10-18)3-6-24-36-21-5-4-19(12-22(21)37-24)42-29(30,31)32/h4-5,7-8,12,14-18,23,25-26,40-41H,3,6,9-11,13H2,1-2H3,(H,36,37)(H2,33,34,35)/t16?,17-,18?,23-,25-,26+/m1/s1. The Balaban J connectivity index is 1.04. The van der Waals surface area contributed by atoms with E-state index in [1.807, 2.05) is 16.8 Å². The Morgan fingerprint density at radius 1 is 1.14 bits per heavy atom. The van der Waals surface area contributed by atoms with Gasteiger partial charge in [-0.1, -0.05) is 0 Å². The molecule has 0 radical (unpaired) electrons. The van der Waals surface area contributed by atoms with Crippen molar-refractivity contribution in [3.63, 3.8) is 0 Å². The summed E-state index contributed by atoms with van der Waals surface area (Å²) in [6, 6.07) is 6.32. The number of nitrogens with two attached hydrogens (primary N) is 1. The van der Waals surface area contributed by atoms with Crippen molar-refractivity contribution in [2.24, 2.45) is 11.8 Å². The highest BCUT2D eigenvalue weighted by atomic mass is 19.4. The third-order valence-corrected chi connectivity index (χ3v) is 8.98. The molecule has 3 aromatic heterocycles. The summed E-state index contributed by atoms with van der Waals surface area (Å²) in [5, 5.41) is 22.8. The molecule has 4 atom stereocenters. The molecule has 6 rings (SSSR count). The summed E-state index contributed by atoms with van der Waals surface area (Å²) in [7, 11) is 0. The zero-order valence-electron chi connectivity index (χ0n) is 23.5. The molecule has 3 heterocycles. The van der Waals surface area contributed by atoms with Crippen LogP contribution >= 0.6 is 0 Å². The number of rotatable bonds is 9. The number of aromatic amines is 1. The topological polar surface area (TPSA) is 138 Å². The number of aryl methyl sites for hydroxylation is 1. The Morgan fingerprint density at radius 2 is 1.93 bits per heavy atom. The number of anilines is 1. The number of imidazole rings is 1. The molecule has 42 heavy (non-hydrogen) atoms. The van der Waals surface area contributed by atoms with Crippen LogP contribution in [0.25, 0.3) is 22.1 Å². The summed E-state index contributed by atoms with van der Waals surface area (Å²) < 4.78 is 43.5. The second-order valence-corrected chi connectivity index (χ2v) is 12.0. The van der Waals surface area contributed by atoms with E-state index in [2.05, 4.69) is 43.4 Å². The van der Waals surface area contributed by atoms with Gasteiger partial charge >= 0.3 is 6.36 Å². The average molecular weight is 588 g/mol. The number of aliphatic hydroxyl groups is 2. The second kappa shape index (κ2) is 11.0. The highest BCUT2D eigenvalue weighted by Gasteiger charge is 2.45. The predicted molar refractivity (Wildman–Crippen MR) is 151 cm³/mol.